The number of hydrogen-bond acceptors (Lipinski definition) is 4. The summed E-state index contributed by atoms with van der Waals surface area (Å²) in [5.41, 5.74) is 1.52. The summed E-state index contributed by atoms with van der Waals surface area (Å²) in [7, 11) is -3.47. The van der Waals surface area contributed by atoms with E-state index in [1.807, 2.05) is 30.3 Å². The molecule has 2 saturated heterocycles. The molecule has 138 valence electrons. The largest absolute Gasteiger partial charge is 0.324 e. The lowest BCUT2D eigenvalue weighted by Crippen LogP contribution is -2.50. The van der Waals surface area contributed by atoms with Crippen LogP contribution in [0, 0.1) is 0 Å². The number of nitrogens with one attached hydrogen (secondary N) is 1. The van der Waals surface area contributed by atoms with Crippen molar-refractivity contribution >= 4 is 37.4 Å². The summed E-state index contributed by atoms with van der Waals surface area (Å²) < 4.78 is 27.8. The highest BCUT2D eigenvalue weighted by atomic mass is 79.9. The molecule has 0 saturated carbocycles. The SMILES string of the molecule is O=C1Nc2ccc(Br)cc2[C@@]12[C@@H]1c3ccccc3S(=O)(=O)[C@@H]1[C@H]1CCCN12. The van der Waals surface area contributed by atoms with Crippen LogP contribution >= 0.6 is 15.9 Å². The zero-order valence-electron chi connectivity index (χ0n) is 14.4. The van der Waals surface area contributed by atoms with Crippen molar-refractivity contribution in [3.05, 3.63) is 58.1 Å². The summed E-state index contributed by atoms with van der Waals surface area (Å²) in [5, 5.41) is 2.48. The minimum atomic E-state index is -3.47. The van der Waals surface area contributed by atoms with Gasteiger partial charge in [0.25, 0.3) is 0 Å². The summed E-state index contributed by atoms with van der Waals surface area (Å²) >= 11 is 3.54. The van der Waals surface area contributed by atoms with Gasteiger partial charge < -0.3 is 5.32 Å². The molecule has 4 aliphatic heterocycles. The third-order valence-corrected chi connectivity index (χ3v) is 9.60. The molecule has 4 atom stereocenters. The molecule has 0 aliphatic carbocycles. The van der Waals surface area contributed by atoms with Crippen LogP contribution in [-0.2, 0) is 20.2 Å². The molecule has 2 aromatic rings. The molecule has 0 unspecified atom stereocenters. The molecule has 1 amide bonds. The second-order valence-electron chi connectivity index (χ2n) is 7.84. The van der Waals surface area contributed by atoms with E-state index in [1.165, 1.54) is 0 Å². The van der Waals surface area contributed by atoms with E-state index in [4.69, 9.17) is 0 Å². The fraction of sp³-hybridized carbons (Fsp3) is 0.350. The predicted molar refractivity (Wildman–Crippen MR) is 104 cm³/mol. The van der Waals surface area contributed by atoms with E-state index in [-0.39, 0.29) is 17.9 Å². The highest BCUT2D eigenvalue weighted by Gasteiger charge is 2.72. The van der Waals surface area contributed by atoms with Gasteiger partial charge in [0.05, 0.1) is 10.1 Å². The van der Waals surface area contributed by atoms with Crippen molar-refractivity contribution in [3.63, 3.8) is 0 Å². The molecule has 0 aromatic heterocycles. The van der Waals surface area contributed by atoms with Gasteiger partial charge in [-0.3, -0.25) is 9.69 Å². The van der Waals surface area contributed by atoms with E-state index < -0.39 is 20.6 Å². The average Bonchev–Trinajstić information content (AvgIpc) is 3.33. The number of anilines is 1. The van der Waals surface area contributed by atoms with E-state index in [1.54, 1.807) is 12.1 Å². The van der Waals surface area contributed by atoms with Gasteiger partial charge >= 0.3 is 0 Å². The van der Waals surface area contributed by atoms with Gasteiger partial charge in [-0.2, -0.15) is 0 Å². The predicted octanol–water partition coefficient (Wildman–Crippen LogP) is 3.01. The normalized spacial score (nSPS) is 35.0. The van der Waals surface area contributed by atoms with Gasteiger partial charge in [-0.1, -0.05) is 34.1 Å². The van der Waals surface area contributed by atoms with E-state index in [0.717, 1.165) is 40.7 Å². The van der Waals surface area contributed by atoms with Crippen molar-refractivity contribution in [1.29, 1.82) is 0 Å². The maximum absolute atomic E-state index is 13.5. The van der Waals surface area contributed by atoms with Crippen molar-refractivity contribution in [2.24, 2.45) is 0 Å². The van der Waals surface area contributed by atoms with E-state index >= 15 is 0 Å². The van der Waals surface area contributed by atoms with Gasteiger partial charge in [0.2, 0.25) is 5.91 Å². The highest BCUT2D eigenvalue weighted by Crippen LogP contribution is 2.64. The number of carbonyl (C=O) groups is 1. The highest BCUT2D eigenvalue weighted by molar-refractivity contribution is 9.10. The first-order valence-corrected chi connectivity index (χ1v) is 11.5. The molecule has 27 heavy (non-hydrogen) atoms. The summed E-state index contributed by atoms with van der Waals surface area (Å²) in [6.45, 7) is 0.745. The number of rotatable bonds is 0. The van der Waals surface area contributed by atoms with Gasteiger partial charge in [0.1, 0.15) is 5.54 Å². The Labute approximate surface area is 165 Å². The van der Waals surface area contributed by atoms with Crippen LogP contribution in [0.15, 0.2) is 51.8 Å². The van der Waals surface area contributed by atoms with Gasteiger partial charge in [-0.05, 0) is 49.2 Å². The fourth-order valence-corrected chi connectivity index (χ4v) is 8.86. The lowest BCUT2D eigenvalue weighted by molar-refractivity contribution is -0.127. The van der Waals surface area contributed by atoms with E-state index in [2.05, 4.69) is 26.1 Å². The lowest BCUT2D eigenvalue weighted by atomic mass is 9.75. The Balaban J connectivity index is 1.72. The second-order valence-corrected chi connectivity index (χ2v) is 10.8. The zero-order chi connectivity index (χ0) is 18.6. The van der Waals surface area contributed by atoms with Crippen LogP contribution < -0.4 is 5.32 Å². The standard InChI is InChI=1S/C20H17BrN2O3S/c21-11-7-8-14-13(10-11)20(19(24)22-14)17-12-4-1-2-6-16(12)27(25,26)18(17)15-5-3-9-23(15)20/h1-2,4,6-8,10,15,17-18H,3,5,9H2,(H,22,24)/t15-,17-,18-,20-/m1/s1. The topological polar surface area (TPSA) is 66.5 Å². The van der Waals surface area contributed by atoms with Crippen LogP contribution in [0.4, 0.5) is 5.69 Å². The molecule has 2 aromatic carbocycles. The minimum Gasteiger partial charge on any atom is -0.324 e. The van der Waals surface area contributed by atoms with Crippen molar-refractivity contribution in [3.8, 4) is 0 Å². The number of halogens is 1. The Morgan fingerprint density at radius 1 is 1.19 bits per heavy atom. The fourth-order valence-electron chi connectivity index (χ4n) is 6.02. The number of sulfone groups is 1. The molecule has 4 heterocycles. The smallest absolute Gasteiger partial charge is 0.250 e. The van der Waals surface area contributed by atoms with Crippen molar-refractivity contribution in [2.75, 3.05) is 11.9 Å². The molecule has 0 radical (unpaired) electrons. The van der Waals surface area contributed by atoms with Crippen molar-refractivity contribution < 1.29 is 13.2 Å². The molecular weight excluding hydrogens is 428 g/mol. The molecule has 6 rings (SSSR count). The molecule has 2 fully saturated rings. The molecule has 4 aliphatic rings. The van der Waals surface area contributed by atoms with Gasteiger partial charge in [0.15, 0.2) is 9.84 Å². The van der Waals surface area contributed by atoms with Crippen LogP contribution in [0.5, 0.6) is 0 Å². The molecule has 1 spiro atoms. The maximum Gasteiger partial charge on any atom is 0.250 e. The van der Waals surface area contributed by atoms with Crippen LogP contribution in [0.1, 0.15) is 29.9 Å². The summed E-state index contributed by atoms with van der Waals surface area (Å²) in [6, 6.07) is 12.9. The summed E-state index contributed by atoms with van der Waals surface area (Å²) in [5.74, 6) is -0.471. The number of hydrogen-bond donors (Lipinski definition) is 1. The molecule has 1 N–H and O–H groups in total. The number of fused-ring (bicyclic) bond motifs is 9. The first-order valence-electron chi connectivity index (χ1n) is 9.18. The van der Waals surface area contributed by atoms with Crippen molar-refractivity contribution in [2.45, 2.75) is 40.5 Å². The molecular formula is C20H17BrN2O3S. The van der Waals surface area contributed by atoms with Crippen LogP contribution in [0.2, 0.25) is 0 Å². The number of carbonyl (C=O) groups excluding carboxylic acids is 1. The van der Waals surface area contributed by atoms with Crippen molar-refractivity contribution in [1.82, 2.24) is 4.90 Å². The lowest BCUT2D eigenvalue weighted by Gasteiger charge is -2.37. The molecule has 0 bridgehead atoms. The summed E-state index contributed by atoms with van der Waals surface area (Å²) in [6.07, 6.45) is 1.73. The van der Waals surface area contributed by atoms with Crippen LogP contribution in [0.3, 0.4) is 0 Å². The van der Waals surface area contributed by atoms with Crippen LogP contribution in [-0.4, -0.2) is 37.1 Å². The molecule has 7 heteroatoms. The maximum atomic E-state index is 13.5. The Morgan fingerprint density at radius 2 is 2.00 bits per heavy atom. The van der Waals surface area contributed by atoms with Gasteiger partial charge in [0, 0.05) is 27.7 Å². The quantitative estimate of drug-likeness (QED) is 0.677. The number of nitrogens with zero attached hydrogens (tertiary/aromatic N) is 1. The Bertz CT molecular complexity index is 1130. The third-order valence-electron chi connectivity index (χ3n) is 6.82. The number of amides is 1. The Morgan fingerprint density at radius 3 is 2.85 bits per heavy atom. The first-order chi connectivity index (χ1) is 13.0. The monoisotopic (exact) mass is 444 g/mol. The first kappa shape index (κ1) is 16.3. The Kier molecular flexibility index (Phi) is 3.02. The third kappa shape index (κ3) is 1.70. The second kappa shape index (κ2) is 5.01. The van der Waals surface area contributed by atoms with Gasteiger partial charge in [-0.15, -0.1) is 0 Å². The van der Waals surface area contributed by atoms with Crippen LogP contribution in [0.25, 0.3) is 0 Å². The van der Waals surface area contributed by atoms with E-state index in [9.17, 15) is 13.2 Å². The summed E-state index contributed by atoms with van der Waals surface area (Å²) in [4.78, 5) is 16.1. The minimum absolute atomic E-state index is 0.0955. The molecule has 5 nitrogen and oxygen atoms in total. The Hall–Kier alpha value is -1.70. The zero-order valence-corrected chi connectivity index (χ0v) is 16.8. The number of benzene rings is 2. The van der Waals surface area contributed by atoms with E-state index in [0.29, 0.717) is 4.90 Å². The van der Waals surface area contributed by atoms with Gasteiger partial charge in [-0.25, -0.2) is 8.42 Å². The average molecular weight is 445 g/mol.